The first kappa shape index (κ1) is 18.3. The smallest absolute Gasteiger partial charge is 0.279 e. The van der Waals surface area contributed by atoms with E-state index in [4.69, 9.17) is 0 Å². The fourth-order valence-electron chi connectivity index (χ4n) is 4.65. The Balaban J connectivity index is 1.81. The molecule has 1 aromatic carbocycles. The summed E-state index contributed by atoms with van der Waals surface area (Å²) < 4.78 is 0. The molecule has 2 fully saturated rings. The van der Waals surface area contributed by atoms with Gasteiger partial charge in [-0.25, -0.2) is 0 Å². The van der Waals surface area contributed by atoms with Gasteiger partial charge in [0.15, 0.2) is 0 Å². The standard InChI is InChI=1S/C18H23N3O5/c1-12-15(8-14(20(23)24)9-16(12)21(25)26)17(22)19-11-18-6-2-4-13(10-18)5-3-7-18/h8-9,13H,2-7,10-11H2,1H3,(H,19,22). The van der Waals surface area contributed by atoms with Gasteiger partial charge in [-0.1, -0.05) is 25.7 Å². The average Bonchev–Trinajstić information content (AvgIpc) is 2.59. The Hall–Kier alpha value is -2.51. The first-order chi connectivity index (χ1) is 12.3. The lowest BCUT2D eigenvalue weighted by Crippen LogP contribution is -2.43. The van der Waals surface area contributed by atoms with Crippen molar-refractivity contribution in [1.82, 2.24) is 5.32 Å². The molecule has 140 valence electrons. The largest absolute Gasteiger partial charge is 0.351 e. The van der Waals surface area contributed by atoms with Crippen LogP contribution >= 0.6 is 0 Å². The van der Waals surface area contributed by atoms with E-state index in [0.717, 1.165) is 37.3 Å². The third-order valence-corrected chi connectivity index (χ3v) is 6.00. The molecule has 0 atom stereocenters. The van der Waals surface area contributed by atoms with Crippen LogP contribution in [0.5, 0.6) is 0 Å². The van der Waals surface area contributed by atoms with Crippen molar-refractivity contribution in [2.24, 2.45) is 11.3 Å². The van der Waals surface area contributed by atoms with E-state index in [9.17, 15) is 25.0 Å². The van der Waals surface area contributed by atoms with Gasteiger partial charge in [-0.15, -0.1) is 0 Å². The highest BCUT2D eigenvalue weighted by Gasteiger charge is 2.39. The molecule has 0 unspecified atom stereocenters. The van der Waals surface area contributed by atoms with Crippen molar-refractivity contribution >= 4 is 17.3 Å². The first-order valence-electron chi connectivity index (χ1n) is 9.03. The molecule has 3 rings (SSSR count). The highest BCUT2D eigenvalue weighted by Crippen LogP contribution is 2.48. The third kappa shape index (κ3) is 3.54. The lowest BCUT2D eigenvalue weighted by Gasteiger charge is -2.45. The molecule has 2 aliphatic rings. The van der Waals surface area contributed by atoms with Gasteiger partial charge in [-0.05, 0) is 37.5 Å². The molecular formula is C18H23N3O5. The summed E-state index contributed by atoms with van der Waals surface area (Å²) in [5.74, 6) is 0.256. The number of nitro groups is 2. The summed E-state index contributed by atoms with van der Waals surface area (Å²) in [6.45, 7) is 1.98. The summed E-state index contributed by atoms with van der Waals surface area (Å²) in [6.07, 6.45) is 8.12. The number of hydrogen-bond donors (Lipinski definition) is 1. The molecular weight excluding hydrogens is 338 g/mol. The molecule has 0 heterocycles. The Labute approximate surface area is 151 Å². The van der Waals surface area contributed by atoms with Crippen LogP contribution in [-0.4, -0.2) is 22.3 Å². The molecule has 26 heavy (non-hydrogen) atoms. The number of nitrogens with one attached hydrogen (secondary N) is 1. The van der Waals surface area contributed by atoms with Gasteiger partial charge in [-0.2, -0.15) is 0 Å². The van der Waals surface area contributed by atoms with Crippen LogP contribution in [0.1, 0.15) is 60.9 Å². The van der Waals surface area contributed by atoms with Crippen molar-refractivity contribution in [2.45, 2.75) is 51.9 Å². The monoisotopic (exact) mass is 361 g/mol. The molecule has 0 aliphatic heterocycles. The number of nitrogens with zero attached hydrogens (tertiary/aromatic N) is 2. The number of carbonyl (C=O) groups excluding carboxylic acids is 1. The first-order valence-corrected chi connectivity index (χ1v) is 9.03. The van der Waals surface area contributed by atoms with E-state index in [2.05, 4.69) is 5.32 Å². The summed E-state index contributed by atoms with van der Waals surface area (Å²) >= 11 is 0. The number of hydrogen-bond acceptors (Lipinski definition) is 5. The van der Waals surface area contributed by atoms with Crippen LogP contribution in [0.25, 0.3) is 0 Å². The second kappa shape index (κ2) is 7.01. The summed E-state index contributed by atoms with van der Waals surface area (Å²) in [4.78, 5) is 33.5. The highest BCUT2D eigenvalue weighted by atomic mass is 16.6. The normalized spacial score (nSPS) is 24.7. The van der Waals surface area contributed by atoms with Gasteiger partial charge in [0.05, 0.1) is 21.5 Å². The molecule has 0 aromatic heterocycles. The van der Waals surface area contributed by atoms with E-state index >= 15 is 0 Å². The summed E-state index contributed by atoms with van der Waals surface area (Å²) in [5.41, 5.74) is -0.581. The second-order valence-corrected chi connectivity index (χ2v) is 7.69. The Morgan fingerprint density at radius 1 is 1.19 bits per heavy atom. The molecule has 0 spiro atoms. The van der Waals surface area contributed by atoms with E-state index in [0.29, 0.717) is 6.54 Å². The molecule has 1 aromatic rings. The SMILES string of the molecule is Cc1c(C(=O)NCC23CCCC(CCC2)C3)cc([N+](=O)[O-])cc1[N+](=O)[O-]. The molecule has 2 aliphatic carbocycles. The number of amides is 1. The van der Waals surface area contributed by atoms with Crippen molar-refractivity contribution < 1.29 is 14.6 Å². The Kier molecular flexibility index (Phi) is 4.93. The topological polar surface area (TPSA) is 115 Å². The van der Waals surface area contributed by atoms with Crippen LogP contribution in [0.2, 0.25) is 0 Å². The van der Waals surface area contributed by atoms with Crippen molar-refractivity contribution in [2.75, 3.05) is 6.54 Å². The van der Waals surface area contributed by atoms with Crippen LogP contribution in [0.3, 0.4) is 0 Å². The maximum atomic E-state index is 12.7. The highest BCUT2D eigenvalue weighted by molar-refractivity contribution is 5.97. The van der Waals surface area contributed by atoms with E-state index in [1.807, 2.05) is 0 Å². The van der Waals surface area contributed by atoms with Crippen LogP contribution in [0, 0.1) is 38.5 Å². The number of non-ortho nitro benzene ring substituents is 1. The lowest BCUT2D eigenvalue weighted by molar-refractivity contribution is -0.394. The van der Waals surface area contributed by atoms with Crippen molar-refractivity contribution in [3.63, 3.8) is 0 Å². The Morgan fingerprint density at radius 2 is 1.85 bits per heavy atom. The minimum Gasteiger partial charge on any atom is -0.351 e. The summed E-state index contributed by atoms with van der Waals surface area (Å²) in [7, 11) is 0. The number of fused-ring (bicyclic) bond motifs is 2. The average molecular weight is 361 g/mol. The van der Waals surface area contributed by atoms with Gasteiger partial charge in [0.2, 0.25) is 0 Å². The second-order valence-electron chi connectivity index (χ2n) is 7.69. The van der Waals surface area contributed by atoms with Gasteiger partial charge in [0.1, 0.15) is 0 Å². The summed E-state index contributed by atoms with van der Waals surface area (Å²) in [5, 5.41) is 25.1. The quantitative estimate of drug-likeness (QED) is 0.631. The predicted octanol–water partition coefficient (Wildman–Crippen LogP) is 3.90. The minimum atomic E-state index is -0.714. The van der Waals surface area contributed by atoms with E-state index < -0.39 is 27.1 Å². The molecule has 2 bridgehead atoms. The van der Waals surface area contributed by atoms with E-state index in [-0.39, 0.29) is 16.5 Å². The number of benzene rings is 1. The van der Waals surface area contributed by atoms with Gasteiger partial charge in [-0.3, -0.25) is 25.0 Å². The van der Waals surface area contributed by atoms with Crippen molar-refractivity contribution in [1.29, 1.82) is 0 Å². The third-order valence-electron chi connectivity index (χ3n) is 6.00. The lowest BCUT2D eigenvalue weighted by atomic mass is 9.62. The molecule has 8 heteroatoms. The van der Waals surface area contributed by atoms with Gasteiger partial charge >= 0.3 is 0 Å². The van der Waals surface area contributed by atoms with Crippen LogP contribution in [0.4, 0.5) is 11.4 Å². The van der Waals surface area contributed by atoms with Crippen LogP contribution < -0.4 is 5.32 Å². The van der Waals surface area contributed by atoms with Gasteiger partial charge in [0, 0.05) is 18.2 Å². The van der Waals surface area contributed by atoms with Crippen molar-refractivity contribution in [3.8, 4) is 0 Å². The van der Waals surface area contributed by atoms with Gasteiger partial charge < -0.3 is 5.32 Å². The van der Waals surface area contributed by atoms with E-state index in [1.54, 1.807) is 0 Å². The van der Waals surface area contributed by atoms with Crippen molar-refractivity contribution in [3.05, 3.63) is 43.5 Å². The zero-order chi connectivity index (χ0) is 18.9. The van der Waals surface area contributed by atoms with Crippen LogP contribution in [-0.2, 0) is 0 Å². The molecule has 2 saturated carbocycles. The molecule has 1 amide bonds. The van der Waals surface area contributed by atoms with E-state index in [1.165, 1.54) is 32.6 Å². The molecule has 1 N–H and O–H groups in total. The molecule has 0 saturated heterocycles. The summed E-state index contributed by atoms with van der Waals surface area (Å²) in [6, 6.07) is 2.03. The molecule has 0 radical (unpaired) electrons. The van der Waals surface area contributed by atoms with Gasteiger partial charge in [0.25, 0.3) is 17.3 Å². The predicted molar refractivity (Wildman–Crippen MR) is 95.1 cm³/mol. The minimum absolute atomic E-state index is 0.00506. The maximum Gasteiger partial charge on any atom is 0.279 e. The Bertz CT molecular complexity index is 751. The molecule has 8 nitrogen and oxygen atoms in total. The zero-order valence-corrected chi connectivity index (χ0v) is 14.8. The Morgan fingerprint density at radius 3 is 2.42 bits per heavy atom. The number of rotatable bonds is 5. The van der Waals surface area contributed by atoms with Crippen LogP contribution in [0.15, 0.2) is 12.1 Å². The number of nitro benzene ring substituents is 2. The zero-order valence-electron chi connectivity index (χ0n) is 14.8. The number of carbonyl (C=O) groups is 1. The fourth-order valence-corrected chi connectivity index (χ4v) is 4.65. The fraction of sp³-hybridized carbons (Fsp3) is 0.611. The maximum absolute atomic E-state index is 12.7.